The molecule has 3 aromatic heterocycles. The monoisotopic (exact) mass is 587 g/mol. The third kappa shape index (κ3) is 4.14. The van der Waals surface area contributed by atoms with Gasteiger partial charge in [-0.1, -0.05) is 17.7 Å². The van der Waals surface area contributed by atoms with Gasteiger partial charge in [0.05, 0.1) is 27.5 Å². The Morgan fingerprint density at radius 2 is 1.90 bits per heavy atom. The standard InChI is InChI=1S/C32H34ClN5O4/c1-17-15-37(26-16-35(4)25-12-9-20(32(40)41)14-23(25)26)31(39)30-21(8-7-13-42-6)22-10-11-24(33)28(29(22)38(17)30)27-18(2)34-36(5)19(27)3/h9-12,14,16-17H,7-8,13,15H2,1-6H3,(H,40,41). The van der Waals surface area contributed by atoms with Crippen LogP contribution in [0.5, 0.6) is 0 Å². The third-order valence-electron chi connectivity index (χ3n) is 8.60. The molecule has 1 N–H and O–H groups in total. The van der Waals surface area contributed by atoms with Crippen LogP contribution in [0.4, 0.5) is 5.69 Å². The fourth-order valence-corrected chi connectivity index (χ4v) is 6.87. The predicted octanol–water partition coefficient (Wildman–Crippen LogP) is 6.30. The molecule has 1 atom stereocenters. The van der Waals surface area contributed by atoms with Gasteiger partial charge in [-0.3, -0.25) is 9.48 Å². The molecule has 9 nitrogen and oxygen atoms in total. The number of hydrogen-bond acceptors (Lipinski definition) is 4. The molecular weight excluding hydrogens is 554 g/mol. The van der Waals surface area contributed by atoms with Crippen LogP contribution in [0.25, 0.3) is 32.9 Å². The SMILES string of the molecule is COCCCc1c2n(c3c(-c4c(C)nn(C)c4C)c(Cl)ccc13)C(C)CN(c1cn(C)c3ccc(C(=O)O)cc13)C2=O. The Morgan fingerprint density at radius 3 is 2.57 bits per heavy atom. The maximum atomic E-state index is 14.6. The van der Waals surface area contributed by atoms with E-state index >= 15 is 0 Å². The van der Waals surface area contributed by atoms with Gasteiger partial charge in [0.2, 0.25) is 0 Å². The summed E-state index contributed by atoms with van der Waals surface area (Å²) in [5.74, 6) is -1.12. The first kappa shape index (κ1) is 28.1. The molecule has 0 saturated carbocycles. The number of amides is 1. The molecule has 0 saturated heterocycles. The summed E-state index contributed by atoms with van der Waals surface area (Å²) in [6.07, 6.45) is 3.32. The number of methoxy groups -OCH3 is 1. The fraction of sp³-hybridized carbons (Fsp3) is 0.344. The Hall–Kier alpha value is -4.08. The van der Waals surface area contributed by atoms with E-state index in [4.69, 9.17) is 16.3 Å². The molecule has 2 aromatic carbocycles. The molecular formula is C32H34ClN5O4. The first-order chi connectivity index (χ1) is 20.0. The quantitative estimate of drug-likeness (QED) is 0.225. The van der Waals surface area contributed by atoms with Gasteiger partial charge in [0.25, 0.3) is 5.91 Å². The number of carboxylic acids is 1. The number of ether oxygens (including phenoxy) is 1. The maximum absolute atomic E-state index is 14.6. The van der Waals surface area contributed by atoms with Crippen LogP contribution < -0.4 is 4.90 Å². The normalized spacial score (nSPS) is 15.3. The van der Waals surface area contributed by atoms with Crippen molar-refractivity contribution in [3.8, 4) is 11.1 Å². The van der Waals surface area contributed by atoms with Crippen molar-refractivity contribution in [2.24, 2.45) is 14.1 Å². The predicted molar refractivity (Wildman–Crippen MR) is 165 cm³/mol. The van der Waals surface area contributed by atoms with E-state index in [-0.39, 0.29) is 17.5 Å². The lowest BCUT2D eigenvalue weighted by molar-refractivity contribution is 0.0697. The van der Waals surface area contributed by atoms with Crippen molar-refractivity contribution in [3.05, 3.63) is 69.8 Å². The number of rotatable bonds is 7. The number of carbonyl (C=O) groups is 2. The molecule has 1 unspecified atom stereocenters. The molecule has 0 fully saturated rings. The van der Waals surface area contributed by atoms with Crippen LogP contribution in [0.3, 0.4) is 0 Å². The Labute approximate surface area is 248 Å². The molecule has 5 aromatic rings. The minimum Gasteiger partial charge on any atom is -0.478 e. The van der Waals surface area contributed by atoms with Crippen LogP contribution in [0.15, 0.2) is 36.5 Å². The van der Waals surface area contributed by atoms with Crippen molar-refractivity contribution in [2.75, 3.05) is 25.2 Å². The number of aromatic carboxylic acids is 1. The molecule has 6 rings (SSSR count). The number of carboxylic acid groups (broad SMARTS) is 1. The lowest BCUT2D eigenvalue weighted by Crippen LogP contribution is -2.42. The van der Waals surface area contributed by atoms with Gasteiger partial charge in [-0.05, 0) is 63.4 Å². The van der Waals surface area contributed by atoms with Crippen molar-refractivity contribution < 1.29 is 19.4 Å². The topological polar surface area (TPSA) is 94.5 Å². The Kier molecular flexibility index (Phi) is 6.90. The molecule has 1 amide bonds. The van der Waals surface area contributed by atoms with E-state index in [1.807, 2.05) is 55.5 Å². The lowest BCUT2D eigenvalue weighted by atomic mass is 9.98. The Balaban J connectivity index is 1.62. The smallest absolute Gasteiger partial charge is 0.335 e. The highest BCUT2D eigenvalue weighted by molar-refractivity contribution is 6.35. The molecule has 4 heterocycles. The van der Waals surface area contributed by atoms with E-state index in [1.165, 1.54) is 0 Å². The first-order valence-electron chi connectivity index (χ1n) is 14.0. The number of fused-ring (bicyclic) bond motifs is 4. The van der Waals surface area contributed by atoms with Gasteiger partial charge in [0, 0.05) is 79.7 Å². The highest BCUT2D eigenvalue weighted by atomic mass is 35.5. The van der Waals surface area contributed by atoms with Gasteiger partial charge in [-0.2, -0.15) is 5.10 Å². The lowest BCUT2D eigenvalue weighted by Gasteiger charge is -2.34. The van der Waals surface area contributed by atoms with Crippen LogP contribution >= 0.6 is 11.6 Å². The molecule has 0 aliphatic carbocycles. The average Bonchev–Trinajstić information content (AvgIpc) is 3.55. The number of anilines is 1. The van der Waals surface area contributed by atoms with Crippen molar-refractivity contribution in [1.29, 1.82) is 0 Å². The highest BCUT2D eigenvalue weighted by Crippen LogP contribution is 2.45. The number of aryl methyl sites for hydroxylation is 4. The molecule has 0 spiro atoms. The average molecular weight is 588 g/mol. The first-order valence-corrected chi connectivity index (χ1v) is 14.4. The van der Waals surface area contributed by atoms with E-state index < -0.39 is 5.97 Å². The number of carbonyl (C=O) groups excluding carboxylic acids is 1. The number of hydrogen-bond donors (Lipinski definition) is 1. The van der Waals surface area contributed by atoms with Crippen molar-refractivity contribution in [3.63, 3.8) is 0 Å². The highest BCUT2D eigenvalue weighted by Gasteiger charge is 2.37. The summed E-state index contributed by atoms with van der Waals surface area (Å²) in [6, 6.07) is 8.89. The number of benzene rings is 2. The summed E-state index contributed by atoms with van der Waals surface area (Å²) in [4.78, 5) is 28.2. The second-order valence-electron chi connectivity index (χ2n) is 11.2. The summed E-state index contributed by atoms with van der Waals surface area (Å²) in [5.41, 5.74) is 8.03. The molecule has 10 heteroatoms. The van der Waals surface area contributed by atoms with E-state index in [2.05, 4.69) is 16.6 Å². The van der Waals surface area contributed by atoms with E-state index in [1.54, 1.807) is 30.2 Å². The molecule has 0 radical (unpaired) electrons. The fourth-order valence-electron chi connectivity index (χ4n) is 6.62. The molecule has 0 bridgehead atoms. The van der Waals surface area contributed by atoms with Crippen molar-refractivity contribution in [1.82, 2.24) is 18.9 Å². The molecule has 1 aliphatic rings. The second kappa shape index (κ2) is 10.3. The van der Waals surface area contributed by atoms with Crippen molar-refractivity contribution in [2.45, 2.75) is 39.7 Å². The Morgan fingerprint density at radius 1 is 1.14 bits per heavy atom. The maximum Gasteiger partial charge on any atom is 0.335 e. The van der Waals surface area contributed by atoms with Crippen LogP contribution in [-0.2, 0) is 25.3 Å². The van der Waals surface area contributed by atoms with Gasteiger partial charge in [-0.15, -0.1) is 0 Å². The van der Waals surface area contributed by atoms with E-state index in [0.717, 1.165) is 56.3 Å². The zero-order valence-corrected chi connectivity index (χ0v) is 25.4. The van der Waals surface area contributed by atoms with Crippen LogP contribution in [0.2, 0.25) is 5.02 Å². The molecule has 1 aliphatic heterocycles. The van der Waals surface area contributed by atoms with E-state index in [9.17, 15) is 14.7 Å². The molecule has 218 valence electrons. The van der Waals surface area contributed by atoms with E-state index in [0.29, 0.717) is 36.0 Å². The van der Waals surface area contributed by atoms with Crippen LogP contribution in [-0.4, -0.2) is 56.2 Å². The third-order valence-corrected chi connectivity index (χ3v) is 8.91. The van der Waals surface area contributed by atoms with Crippen LogP contribution in [0, 0.1) is 13.8 Å². The summed E-state index contributed by atoms with van der Waals surface area (Å²) in [6.45, 7) is 7.12. The van der Waals surface area contributed by atoms with Gasteiger partial charge < -0.3 is 23.9 Å². The summed E-state index contributed by atoms with van der Waals surface area (Å²) in [5, 5.41) is 16.7. The van der Waals surface area contributed by atoms with Crippen molar-refractivity contribution >= 4 is 51.0 Å². The Bertz CT molecular complexity index is 1910. The van der Waals surface area contributed by atoms with Gasteiger partial charge >= 0.3 is 5.97 Å². The largest absolute Gasteiger partial charge is 0.478 e. The van der Waals surface area contributed by atoms with Gasteiger partial charge in [-0.25, -0.2) is 4.79 Å². The van der Waals surface area contributed by atoms with Crippen LogP contribution in [0.1, 0.15) is 57.2 Å². The number of aromatic nitrogens is 4. The number of halogens is 1. The van der Waals surface area contributed by atoms with Gasteiger partial charge in [0.1, 0.15) is 5.69 Å². The zero-order valence-electron chi connectivity index (χ0n) is 24.7. The number of nitrogens with zero attached hydrogens (tertiary/aromatic N) is 5. The minimum atomic E-state index is -1.00. The minimum absolute atomic E-state index is 0.0937. The summed E-state index contributed by atoms with van der Waals surface area (Å²) >= 11 is 6.97. The summed E-state index contributed by atoms with van der Waals surface area (Å²) in [7, 11) is 5.51. The zero-order chi connectivity index (χ0) is 30.0. The summed E-state index contributed by atoms with van der Waals surface area (Å²) < 4.78 is 11.3. The van der Waals surface area contributed by atoms with Gasteiger partial charge in [0.15, 0.2) is 0 Å². The second-order valence-corrected chi connectivity index (χ2v) is 11.6. The molecule has 42 heavy (non-hydrogen) atoms.